The minimum atomic E-state index is -0.256. The molecule has 246 valence electrons. The third-order valence-electron chi connectivity index (χ3n) is 9.38. The number of benzene rings is 1. The average molecular weight is 665 g/mol. The Morgan fingerprint density at radius 2 is 1.80 bits per heavy atom. The van der Waals surface area contributed by atoms with E-state index >= 15 is 0 Å². The van der Waals surface area contributed by atoms with E-state index in [0.29, 0.717) is 35.7 Å². The normalized spacial score (nSPS) is 21.0. The van der Waals surface area contributed by atoms with Gasteiger partial charge in [-0.1, -0.05) is 56.4 Å². The first kappa shape index (κ1) is 32.9. The molecule has 2 aromatic heterocycles. The number of nitrogens with zero attached hydrogens (tertiary/aromatic N) is 4. The molecule has 1 aromatic carbocycles. The summed E-state index contributed by atoms with van der Waals surface area (Å²) in [6.07, 6.45) is 8.49. The molecule has 3 aromatic rings. The van der Waals surface area contributed by atoms with Gasteiger partial charge in [0.2, 0.25) is 23.6 Å². The van der Waals surface area contributed by atoms with Gasteiger partial charge in [-0.2, -0.15) is 0 Å². The summed E-state index contributed by atoms with van der Waals surface area (Å²) < 4.78 is 6.91. The van der Waals surface area contributed by atoms with Gasteiger partial charge in [0.05, 0.1) is 28.3 Å². The van der Waals surface area contributed by atoms with Crippen molar-refractivity contribution in [2.24, 2.45) is 5.92 Å². The third kappa shape index (κ3) is 8.07. The summed E-state index contributed by atoms with van der Waals surface area (Å²) in [5, 5.41) is 6.21. The van der Waals surface area contributed by atoms with Crippen molar-refractivity contribution in [3.05, 3.63) is 59.4 Å². The zero-order chi connectivity index (χ0) is 32.3. The first-order chi connectivity index (χ1) is 22.1. The fraction of sp³-hybridized carbons (Fsp3) is 0.559. The van der Waals surface area contributed by atoms with Gasteiger partial charge >= 0.3 is 0 Å². The number of oxazole rings is 1. The van der Waals surface area contributed by atoms with Crippen LogP contribution in [0.3, 0.4) is 0 Å². The molecule has 1 unspecified atom stereocenters. The van der Waals surface area contributed by atoms with Gasteiger partial charge in [0.25, 0.3) is 0 Å². The van der Waals surface area contributed by atoms with E-state index < -0.39 is 0 Å². The van der Waals surface area contributed by atoms with Crippen LogP contribution in [0.1, 0.15) is 88.0 Å². The Morgan fingerprint density at radius 3 is 2.52 bits per heavy atom. The minimum absolute atomic E-state index is 0.00302. The average Bonchev–Trinajstić information content (AvgIpc) is 3.71. The van der Waals surface area contributed by atoms with E-state index in [2.05, 4.69) is 57.2 Å². The van der Waals surface area contributed by atoms with Crippen molar-refractivity contribution in [1.82, 2.24) is 25.1 Å². The molecule has 1 atom stereocenters. The third-order valence-corrected chi connectivity index (χ3v) is 11.5. The number of rotatable bonds is 9. The zero-order valence-electron chi connectivity index (χ0n) is 26.9. The summed E-state index contributed by atoms with van der Waals surface area (Å²) in [5.41, 5.74) is 2.15. The summed E-state index contributed by atoms with van der Waals surface area (Å²) in [7, 11) is 0. The number of hydrogen-bond acceptors (Lipinski definition) is 10. The number of likely N-dealkylation sites (tertiary alicyclic amines) is 2. The molecule has 0 aliphatic carbocycles. The molecule has 0 bridgehead atoms. The van der Waals surface area contributed by atoms with Crippen LogP contribution in [0.2, 0.25) is 0 Å². The highest BCUT2D eigenvalue weighted by Gasteiger charge is 2.33. The lowest BCUT2D eigenvalue weighted by molar-refractivity contribution is -0.134. The van der Waals surface area contributed by atoms with Crippen LogP contribution < -0.4 is 10.6 Å². The molecule has 6 rings (SSSR count). The first-order valence-electron chi connectivity index (χ1n) is 16.3. The fourth-order valence-electron chi connectivity index (χ4n) is 6.67. The number of anilines is 1. The number of imide groups is 1. The smallest absolute Gasteiger partial charge is 0.234 e. The zero-order valence-corrected chi connectivity index (χ0v) is 28.6. The first-order valence-corrected chi connectivity index (χ1v) is 18.1. The lowest BCUT2D eigenvalue weighted by Gasteiger charge is -2.41. The van der Waals surface area contributed by atoms with E-state index in [1.165, 1.54) is 16.9 Å². The molecule has 0 saturated carbocycles. The quantitative estimate of drug-likeness (QED) is 0.224. The highest BCUT2D eigenvalue weighted by atomic mass is 32.2. The van der Waals surface area contributed by atoms with Gasteiger partial charge in [0, 0.05) is 30.3 Å². The topological polar surface area (TPSA) is 121 Å². The van der Waals surface area contributed by atoms with E-state index in [9.17, 15) is 14.4 Å². The number of carbonyl (C=O) groups excluding carboxylic acids is 3. The van der Waals surface area contributed by atoms with E-state index in [0.717, 1.165) is 73.9 Å². The molecule has 10 nitrogen and oxygen atoms in total. The van der Waals surface area contributed by atoms with Crippen molar-refractivity contribution in [1.29, 1.82) is 0 Å². The Labute approximate surface area is 279 Å². The van der Waals surface area contributed by atoms with Crippen molar-refractivity contribution in [3.63, 3.8) is 0 Å². The molecule has 3 fully saturated rings. The van der Waals surface area contributed by atoms with Gasteiger partial charge in [-0.15, -0.1) is 11.8 Å². The minimum Gasteiger partial charge on any atom is -0.444 e. The second-order valence-corrected chi connectivity index (χ2v) is 16.0. The van der Waals surface area contributed by atoms with Crippen LogP contribution >= 0.6 is 23.1 Å². The van der Waals surface area contributed by atoms with Crippen LogP contribution in [-0.2, 0) is 32.1 Å². The second kappa shape index (κ2) is 14.4. The van der Waals surface area contributed by atoms with Crippen molar-refractivity contribution in [2.45, 2.75) is 93.2 Å². The molecule has 12 heteroatoms. The summed E-state index contributed by atoms with van der Waals surface area (Å²) in [6, 6.07) is 8.71. The van der Waals surface area contributed by atoms with Gasteiger partial charge in [0.15, 0.2) is 5.13 Å². The highest BCUT2D eigenvalue weighted by Crippen LogP contribution is 2.33. The predicted octanol–water partition coefficient (Wildman–Crippen LogP) is 5.56. The largest absolute Gasteiger partial charge is 0.444 e. The molecule has 0 spiro atoms. The summed E-state index contributed by atoms with van der Waals surface area (Å²) in [4.78, 5) is 51.2. The number of hydrogen-bond donors (Lipinski definition) is 2. The van der Waals surface area contributed by atoms with E-state index in [1.54, 1.807) is 24.2 Å². The molecule has 3 aliphatic heterocycles. The molecule has 5 heterocycles. The number of amides is 3. The van der Waals surface area contributed by atoms with Crippen LogP contribution in [0.25, 0.3) is 0 Å². The number of carbonyl (C=O) groups is 3. The summed E-state index contributed by atoms with van der Waals surface area (Å²) in [6.45, 7) is 11.0. The molecular formula is C34H44N6O4S2. The van der Waals surface area contributed by atoms with Gasteiger partial charge < -0.3 is 14.6 Å². The maximum Gasteiger partial charge on any atom is 0.234 e. The van der Waals surface area contributed by atoms with E-state index in [4.69, 9.17) is 4.42 Å². The Bertz CT molecular complexity index is 1530. The maximum absolute atomic E-state index is 13.1. The number of aromatic nitrogens is 2. The van der Waals surface area contributed by atoms with Crippen LogP contribution in [0, 0.1) is 5.92 Å². The van der Waals surface area contributed by atoms with E-state index in [-0.39, 0.29) is 35.0 Å². The van der Waals surface area contributed by atoms with Crippen molar-refractivity contribution in [2.75, 3.05) is 31.5 Å². The van der Waals surface area contributed by atoms with Gasteiger partial charge in [-0.3, -0.25) is 24.6 Å². The van der Waals surface area contributed by atoms with Crippen molar-refractivity contribution >= 4 is 46.0 Å². The molecular weight excluding hydrogens is 621 g/mol. The molecule has 46 heavy (non-hydrogen) atoms. The maximum atomic E-state index is 13.1. The lowest BCUT2D eigenvalue weighted by atomic mass is 9.87. The molecule has 3 aliphatic rings. The van der Waals surface area contributed by atoms with Crippen LogP contribution in [0.15, 0.2) is 45.3 Å². The Morgan fingerprint density at radius 1 is 1.04 bits per heavy atom. The Hall–Kier alpha value is -3.06. The fourth-order valence-corrected chi connectivity index (χ4v) is 8.40. The number of thiazole rings is 1. The standard InChI is InChI=1S/C34H44N6O4S2/c1-34(2,3)27-18-35-29(44-27)21-45-30-19-36-33(46-30)38-31(42)22-10-16-40(17-11-22)24-12-14-39(15-13-24)20-23-6-4-5-7-25(23)26-8-9-28(41)37-32(26)43/h4-7,18-19,22,24,26H,8-17,20-21H2,1-3H3,(H,36,38,42)(H,37,41,43). The lowest BCUT2D eigenvalue weighted by Crippen LogP contribution is -2.48. The molecule has 2 N–H and O–H groups in total. The Balaban J connectivity index is 0.924. The van der Waals surface area contributed by atoms with Crippen molar-refractivity contribution < 1.29 is 18.8 Å². The number of piperidine rings is 3. The van der Waals surface area contributed by atoms with E-state index in [1.807, 2.05) is 18.2 Å². The van der Waals surface area contributed by atoms with Crippen molar-refractivity contribution in [3.8, 4) is 0 Å². The molecule has 0 radical (unpaired) electrons. The summed E-state index contributed by atoms with van der Waals surface area (Å²) >= 11 is 3.11. The molecule has 3 amide bonds. The highest BCUT2D eigenvalue weighted by molar-refractivity contribution is 8.00. The van der Waals surface area contributed by atoms with Gasteiger partial charge in [0.1, 0.15) is 5.76 Å². The summed E-state index contributed by atoms with van der Waals surface area (Å²) in [5.74, 6) is 1.66. The van der Waals surface area contributed by atoms with Crippen LogP contribution in [0.4, 0.5) is 5.13 Å². The predicted molar refractivity (Wildman–Crippen MR) is 180 cm³/mol. The monoisotopic (exact) mass is 664 g/mol. The van der Waals surface area contributed by atoms with Gasteiger partial charge in [-0.25, -0.2) is 9.97 Å². The second-order valence-electron chi connectivity index (χ2n) is 13.7. The number of thioether (sulfide) groups is 1. The molecule has 3 saturated heterocycles. The SMILES string of the molecule is CC(C)(C)c1cnc(CSc2cnc(NC(=O)C3CCN(C4CCN(Cc5ccccc5C5CCC(=O)NC5=O)CC4)CC3)s2)o1. The van der Waals surface area contributed by atoms with Gasteiger partial charge in [-0.05, 0) is 69.4 Å². The number of nitrogens with one attached hydrogen (secondary N) is 2. The van der Waals surface area contributed by atoms with Crippen LogP contribution in [-0.4, -0.2) is 69.7 Å². The Kier molecular flexibility index (Phi) is 10.3. The van der Waals surface area contributed by atoms with Crippen LogP contribution in [0.5, 0.6) is 0 Å².